The van der Waals surface area contributed by atoms with Crippen LogP contribution in [0.2, 0.25) is 0 Å². The third-order valence-corrected chi connectivity index (χ3v) is 3.16. The molecule has 0 aromatic carbocycles. The molecule has 0 aliphatic heterocycles. The van der Waals surface area contributed by atoms with Gasteiger partial charge in [-0.3, -0.25) is 0 Å². The van der Waals surface area contributed by atoms with Crippen molar-refractivity contribution in [2.24, 2.45) is 11.8 Å². The van der Waals surface area contributed by atoms with Gasteiger partial charge in [-0.25, -0.2) is 0 Å². The Morgan fingerprint density at radius 1 is 1.27 bits per heavy atom. The zero-order valence-electron chi connectivity index (χ0n) is 7.18. The predicted octanol–water partition coefficient (Wildman–Crippen LogP) is 2.73. The molecular formula is C10H16O. The van der Waals surface area contributed by atoms with Crippen LogP contribution < -0.4 is 0 Å². The van der Waals surface area contributed by atoms with Crippen LogP contribution in [0.3, 0.4) is 0 Å². The minimum absolute atomic E-state index is 0.875. The Hall–Kier alpha value is -0.460. The van der Waals surface area contributed by atoms with Gasteiger partial charge in [-0.1, -0.05) is 0 Å². The van der Waals surface area contributed by atoms with Crippen molar-refractivity contribution in [3.63, 3.8) is 0 Å². The molecule has 3 rings (SSSR count). The summed E-state index contributed by atoms with van der Waals surface area (Å²) in [5.74, 6) is 1.86. The summed E-state index contributed by atoms with van der Waals surface area (Å²) in [5.41, 5.74) is 1.58. The van der Waals surface area contributed by atoms with E-state index in [1.54, 1.807) is 12.7 Å². The minimum atomic E-state index is 0.875. The summed E-state index contributed by atoms with van der Waals surface area (Å²) in [5, 5.41) is 0. The largest absolute Gasteiger partial charge is 0.504 e. The zero-order chi connectivity index (χ0) is 7.68. The van der Waals surface area contributed by atoms with Gasteiger partial charge >= 0.3 is 0 Å². The maximum atomic E-state index is 5.07. The molecule has 3 aliphatic rings. The van der Waals surface area contributed by atoms with Crippen LogP contribution in [0.4, 0.5) is 0 Å². The first-order valence-corrected chi connectivity index (χ1v) is 4.62. The minimum Gasteiger partial charge on any atom is -0.504 e. The molecule has 11 heavy (non-hydrogen) atoms. The van der Waals surface area contributed by atoms with Crippen LogP contribution in [0, 0.1) is 11.8 Å². The first-order valence-electron chi connectivity index (χ1n) is 4.62. The Bertz CT molecular complexity index is 164. The number of hydrogen-bond donors (Lipinski definition) is 0. The van der Waals surface area contributed by atoms with Crippen LogP contribution >= 0.6 is 0 Å². The van der Waals surface area contributed by atoms with Crippen molar-refractivity contribution in [1.82, 2.24) is 0 Å². The third-order valence-electron chi connectivity index (χ3n) is 3.16. The molecule has 1 nitrogen and oxygen atoms in total. The highest BCUT2D eigenvalue weighted by Gasteiger charge is 2.31. The fourth-order valence-corrected chi connectivity index (χ4v) is 2.53. The summed E-state index contributed by atoms with van der Waals surface area (Å²) < 4.78 is 5.07. The van der Waals surface area contributed by atoms with E-state index in [9.17, 15) is 0 Å². The van der Waals surface area contributed by atoms with E-state index in [1.165, 1.54) is 32.1 Å². The Labute approximate surface area is 68.4 Å². The van der Waals surface area contributed by atoms with Gasteiger partial charge in [0.15, 0.2) is 0 Å². The molecule has 3 aliphatic carbocycles. The van der Waals surface area contributed by atoms with E-state index in [4.69, 9.17) is 4.74 Å². The maximum absolute atomic E-state index is 5.07. The first kappa shape index (κ1) is 7.20. The summed E-state index contributed by atoms with van der Waals surface area (Å²) in [6.07, 6.45) is 9.06. The molecule has 62 valence electrons. The highest BCUT2D eigenvalue weighted by molar-refractivity contribution is 5.11. The Kier molecular flexibility index (Phi) is 1.89. The van der Waals surface area contributed by atoms with Crippen LogP contribution in [0.1, 0.15) is 32.1 Å². The average Bonchev–Trinajstić information content (AvgIpc) is 2.07. The van der Waals surface area contributed by atoms with E-state index in [2.05, 4.69) is 0 Å². The molecule has 0 radical (unpaired) electrons. The van der Waals surface area contributed by atoms with Gasteiger partial charge in [-0.05, 0) is 49.5 Å². The summed E-state index contributed by atoms with van der Waals surface area (Å²) in [6.45, 7) is 0. The van der Waals surface area contributed by atoms with Crippen LogP contribution in [-0.4, -0.2) is 7.11 Å². The fraction of sp³-hybridized carbons (Fsp3) is 0.800. The quantitative estimate of drug-likeness (QED) is 0.525. The van der Waals surface area contributed by atoms with Crippen LogP contribution in [0.5, 0.6) is 0 Å². The normalized spacial score (nSPS) is 39.5. The summed E-state index contributed by atoms with van der Waals surface area (Å²) in [4.78, 5) is 0. The number of rotatable bonds is 1. The lowest BCUT2D eigenvalue weighted by molar-refractivity contribution is 0.223. The molecule has 2 bridgehead atoms. The van der Waals surface area contributed by atoms with E-state index in [1.807, 2.05) is 6.26 Å². The van der Waals surface area contributed by atoms with Gasteiger partial charge < -0.3 is 4.74 Å². The lowest BCUT2D eigenvalue weighted by Crippen LogP contribution is -2.24. The molecule has 0 aromatic rings. The zero-order valence-corrected chi connectivity index (χ0v) is 7.18. The van der Waals surface area contributed by atoms with Gasteiger partial charge in [0, 0.05) is 0 Å². The van der Waals surface area contributed by atoms with Gasteiger partial charge in [0.05, 0.1) is 13.4 Å². The van der Waals surface area contributed by atoms with Gasteiger partial charge in [-0.15, -0.1) is 0 Å². The van der Waals surface area contributed by atoms with E-state index in [0.29, 0.717) is 0 Å². The van der Waals surface area contributed by atoms with Gasteiger partial charge in [-0.2, -0.15) is 0 Å². The monoisotopic (exact) mass is 152 g/mol. The predicted molar refractivity (Wildman–Crippen MR) is 45.2 cm³/mol. The second-order valence-electron chi connectivity index (χ2n) is 3.85. The maximum Gasteiger partial charge on any atom is 0.0819 e. The molecule has 0 spiro atoms. The highest BCUT2D eigenvalue weighted by atomic mass is 16.5. The van der Waals surface area contributed by atoms with Crippen molar-refractivity contribution < 1.29 is 4.74 Å². The molecule has 0 saturated heterocycles. The molecule has 1 heteroatoms. The van der Waals surface area contributed by atoms with Gasteiger partial charge in [0.2, 0.25) is 0 Å². The number of ether oxygens (including phenoxy) is 1. The van der Waals surface area contributed by atoms with E-state index in [-0.39, 0.29) is 0 Å². The van der Waals surface area contributed by atoms with E-state index < -0.39 is 0 Å². The van der Waals surface area contributed by atoms with Crippen molar-refractivity contribution in [1.29, 1.82) is 0 Å². The van der Waals surface area contributed by atoms with Crippen LogP contribution in [0.25, 0.3) is 0 Å². The van der Waals surface area contributed by atoms with Crippen LogP contribution in [-0.2, 0) is 4.74 Å². The van der Waals surface area contributed by atoms with Crippen molar-refractivity contribution in [2.45, 2.75) is 32.1 Å². The van der Waals surface area contributed by atoms with E-state index >= 15 is 0 Å². The number of hydrogen-bond acceptors (Lipinski definition) is 1. The molecule has 0 unspecified atom stereocenters. The fourth-order valence-electron chi connectivity index (χ4n) is 2.53. The standard InChI is InChI=1S/C10H16O/c1-11-7-10-6-8-2-4-9(10)5-3-8/h7-9H,2-6H2,1H3/b10-7+. The van der Waals surface area contributed by atoms with Gasteiger partial charge in [0.25, 0.3) is 0 Å². The molecule has 0 aromatic heterocycles. The Morgan fingerprint density at radius 3 is 2.45 bits per heavy atom. The molecule has 3 saturated carbocycles. The molecule has 0 atom stereocenters. The van der Waals surface area contributed by atoms with Crippen LogP contribution in [0.15, 0.2) is 11.8 Å². The number of allylic oxidation sites excluding steroid dienone is 1. The third kappa shape index (κ3) is 1.29. The molecular weight excluding hydrogens is 136 g/mol. The summed E-state index contributed by atoms with van der Waals surface area (Å²) in [6, 6.07) is 0. The summed E-state index contributed by atoms with van der Waals surface area (Å²) in [7, 11) is 1.76. The Morgan fingerprint density at radius 2 is 2.00 bits per heavy atom. The van der Waals surface area contributed by atoms with Crippen molar-refractivity contribution in [3.05, 3.63) is 11.8 Å². The topological polar surface area (TPSA) is 9.23 Å². The van der Waals surface area contributed by atoms with Crippen molar-refractivity contribution >= 4 is 0 Å². The Balaban J connectivity index is 2.08. The number of methoxy groups -OCH3 is 1. The van der Waals surface area contributed by atoms with E-state index in [0.717, 1.165) is 11.8 Å². The van der Waals surface area contributed by atoms with Crippen molar-refractivity contribution in [2.75, 3.05) is 7.11 Å². The molecule has 0 amide bonds. The number of fused-ring (bicyclic) bond motifs is 3. The summed E-state index contributed by atoms with van der Waals surface area (Å²) >= 11 is 0. The van der Waals surface area contributed by atoms with Gasteiger partial charge in [0.1, 0.15) is 0 Å². The SMILES string of the molecule is CO/C=C1\CC2CCC1CC2. The second kappa shape index (κ2) is 2.88. The lowest BCUT2D eigenvalue weighted by Gasteiger charge is -2.37. The molecule has 3 fully saturated rings. The molecule has 0 N–H and O–H groups in total. The smallest absolute Gasteiger partial charge is 0.0819 e. The highest BCUT2D eigenvalue weighted by Crippen LogP contribution is 2.44. The first-order chi connectivity index (χ1) is 5.40. The van der Waals surface area contributed by atoms with Crippen molar-refractivity contribution in [3.8, 4) is 0 Å². The molecule has 0 heterocycles. The second-order valence-corrected chi connectivity index (χ2v) is 3.85. The lowest BCUT2D eigenvalue weighted by atomic mass is 9.68. The average molecular weight is 152 g/mol.